The largest absolute Gasteiger partial charge is 0.416 e. The molecule has 2 aromatic rings. The van der Waals surface area contributed by atoms with Crippen LogP contribution in [0.3, 0.4) is 0 Å². The quantitative estimate of drug-likeness (QED) is 0.904. The van der Waals surface area contributed by atoms with Crippen molar-refractivity contribution in [3.05, 3.63) is 46.1 Å². The average molecular weight is 348 g/mol. The summed E-state index contributed by atoms with van der Waals surface area (Å²) in [5.41, 5.74) is -0.989. The number of rotatable bonds is 2. The summed E-state index contributed by atoms with van der Waals surface area (Å²) in [6.07, 6.45) is -2.89. The van der Waals surface area contributed by atoms with Crippen molar-refractivity contribution in [3.63, 3.8) is 0 Å². The molecule has 0 radical (unpaired) electrons. The van der Waals surface area contributed by atoms with Crippen LogP contribution in [-0.4, -0.2) is 15.7 Å². The van der Waals surface area contributed by atoms with Gasteiger partial charge in [0.1, 0.15) is 0 Å². The molecule has 0 aliphatic heterocycles. The second-order valence-corrected chi connectivity index (χ2v) is 4.88. The lowest BCUT2D eigenvalue weighted by atomic mass is 10.1. The van der Waals surface area contributed by atoms with Crippen molar-refractivity contribution in [3.8, 4) is 0 Å². The number of nitrogens with one attached hydrogen (secondary N) is 1. The van der Waals surface area contributed by atoms with E-state index in [-0.39, 0.29) is 15.9 Å². The zero-order chi connectivity index (χ0) is 14.9. The number of aryl methyl sites for hydroxylation is 1. The van der Waals surface area contributed by atoms with E-state index in [9.17, 15) is 18.0 Å². The van der Waals surface area contributed by atoms with Crippen LogP contribution < -0.4 is 5.32 Å². The van der Waals surface area contributed by atoms with Crippen LogP contribution in [0.1, 0.15) is 15.9 Å². The van der Waals surface area contributed by atoms with E-state index in [0.717, 1.165) is 12.1 Å². The van der Waals surface area contributed by atoms with Crippen LogP contribution in [0.4, 0.5) is 19.0 Å². The molecule has 0 atom stereocenters. The number of carbonyl (C=O) groups excluding carboxylic acids is 1. The van der Waals surface area contributed by atoms with E-state index in [0.29, 0.717) is 0 Å². The first-order valence-corrected chi connectivity index (χ1v) is 6.24. The number of anilines is 1. The Morgan fingerprint density at radius 1 is 1.35 bits per heavy atom. The van der Waals surface area contributed by atoms with E-state index < -0.39 is 17.6 Å². The number of benzene rings is 1. The number of carbonyl (C=O) groups is 1. The van der Waals surface area contributed by atoms with Gasteiger partial charge in [-0.25, -0.2) is 0 Å². The van der Waals surface area contributed by atoms with Crippen LogP contribution in [0, 0.1) is 0 Å². The third kappa shape index (κ3) is 3.19. The second kappa shape index (κ2) is 5.28. The molecule has 0 unspecified atom stereocenters. The predicted octanol–water partition coefficient (Wildman–Crippen LogP) is 3.45. The Kier molecular flexibility index (Phi) is 3.85. The Morgan fingerprint density at radius 2 is 2.05 bits per heavy atom. The standard InChI is InChI=1S/C12H9BrF3N3O/c1-19-5-4-10(18-19)17-11(20)8-6-7(12(14,15)16)2-3-9(8)13/h2-6H,1H3,(H,17,18,20). The molecular weight excluding hydrogens is 339 g/mol. The Balaban J connectivity index is 2.29. The lowest BCUT2D eigenvalue weighted by Crippen LogP contribution is -2.15. The monoisotopic (exact) mass is 347 g/mol. The molecule has 1 aromatic carbocycles. The molecule has 1 aromatic heterocycles. The summed E-state index contributed by atoms with van der Waals surface area (Å²) in [6, 6.07) is 4.43. The number of amides is 1. The van der Waals surface area contributed by atoms with Gasteiger partial charge in [0, 0.05) is 23.8 Å². The minimum atomic E-state index is -4.50. The molecule has 0 saturated carbocycles. The highest BCUT2D eigenvalue weighted by Crippen LogP contribution is 2.32. The molecule has 1 N–H and O–H groups in total. The van der Waals surface area contributed by atoms with Gasteiger partial charge in [0.2, 0.25) is 0 Å². The first-order chi connectivity index (χ1) is 9.27. The molecule has 0 spiro atoms. The maximum Gasteiger partial charge on any atom is 0.416 e. The number of aromatic nitrogens is 2. The lowest BCUT2D eigenvalue weighted by molar-refractivity contribution is -0.137. The first kappa shape index (κ1) is 14.6. The molecule has 0 aliphatic carbocycles. The number of halogens is 4. The number of hydrogen-bond donors (Lipinski definition) is 1. The summed E-state index contributed by atoms with van der Waals surface area (Å²) < 4.78 is 39.6. The summed E-state index contributed by atoms with van der Waals surface area (Å²) in [6.45, 7) is 0. The molecular formula is C12H9BrF3N3O. The van der Waals surface area contributed by atoms with Crippen LogP contribution in [0.5, 0.6) is 0 Å². The van der Waals surface area contributed by atoms with Crippen molar-refractivity contribution in [1.82, 2.24) is 9.78 Å². The summed E-state index contributed by atoms with van der Waals surface area (Å²) in [5.74, 6) is -0.400. The van der Waals surface area contributed by atoms with Crippen molar-refractivity contribution < 1.29 is 18.0 Å². The van der Waals surface area contributed by atoms with Gasteiger partial charge in [-0.05, 0) is 34.1 Å². The van der Waals surface area contributed by atoms with Gasteiger partial charge in [-0.2, -0.15) is 18.3 Å². The molecule has 0 fully saturated rings. The Morgan fingerprint density at radius 3 is 2.60 bits per heavy atom. The van der Waals surface area contributed by atoms with E-state index in [2.05, 4.69) is 26.3 Å². The van der Waals surface area contributed by atoms with E-state index in [1.165, 1.54) is 10.7 Å². The summed E-state index contributed by atoms with van der Waals surface area (Å²) in [5, 5.41) is 6.35. The molecule has 4 nitrogen and oxygen atoms in total. The molecule has 8 heteroatoms. The Hall–Kier alpha value is -1.83. The Labute approximate surface area is 120 Å². The van der Waals surface area contributed by atoms with Gasteiger partial charge >= 0.3 is 6.18 Å². The topological polar surface area (TPSA) is 46.9 Å². The molecule has 0 aliphatic rings. The third-order valence-electron chi connectivity index (χ3n) is 2.49. The summed E-state index contributed by atoms with van der Waals surface area (Å²) in [4.78, 5) is 12.0. The fourth-order valence-electron chi connectivity index (χ4n) is 1.54. The van der Waals surface area contributed by atoms with Gasteiger partial charge < -0.3 is 5.32 Å². The molecule has 2 rings (SSSR count). The molecule has 20 heavy (non-hydrogen) atoms. The molecule has 106 valence electrons. The summed E-state index contributed by atoms with van der Waals surface area (Å²) in [7, 11) is 1.66. The molecule has 0 saturated heterocycles. The third-order valence-corrected chi connectivity index (χ3v) is 3.19. The van der Waals surface area contributed by atoms with Gasteiger partial charge in [0.15, 0.2) is 5.82 Å². The smallest absolute Gasteiger partial charge is 0.305 e. The van der Waals surface area contributed by atoms with Gasteiger partial charge in [-0.3, -0.25) is 9.48 Å². The maximum absolute atomic E-state index is 12.6. The highest BCUT2D eigenvalue weighted by atomic mass is 79.9. The Bertz CT molecular complexity index is 652. The fourth-order valence-corrected chi connectivity index (χ4v) is 1.97. The van der Waals surface area contributed by atoms with Crippen LogP contribution in [-0.2, 0) is 13.2 Å². The van der Waals surface area contributed by atoms with Crippen LogP contribution in [0.2, 0.25) is 0 Å². The molecule has 0 bridgehead atoms. The second-order valence-electron chi connectivity index (χ2n) is 4.02. The average Bonchev–Trinajstić information content (AvgIpc) is 2.73. The fraction of sp³-hybridized carbons (Fsp3) is 0.167. The van der Waals surface area contributed by atoms with Crippen molar-refractivity contribution in [2.24, 2.45) is 7.05 Å². The van der Waals surface area contributed by atoms with E-state index in [1.807, 2.05) is 0 Å². The normalized spacial score (nSPS) is 11.4. The minimum Gasteiger partial charge on any atom is -0.305 e. The number of nitrogens with zero attached hydrogens (tertiary/aromatic N) is 2. The highest BCUT2D eigenvalue weighted by Gasteiger charge is 2.31. The van der Waals surface area contributed by atoms with Crippen LogP contribution in [0.25, 0.3) is 0 Å². The molecule has 1 amide bonds. The highest BCUT2D eigenvalue weighted by molar-refractivity contribution is 9.10. The van der Waals surface area contributed by atoms with Crippen molar-refractivity contribution >= 4 is 27.7 Å². The zero-order valence-electron chi connectivity index (χ0n) is 10.2. The van der Waals surface area contributed by atoms with Gasteiger partial charge in [0.05, 0.1) is 11.1 Å². The SMILES string of the molecule is Cn1ccc(NC(=O)c2cc(C(F)(F)F)ccc2Br)n1. The minimum absolute atomic E-state index is 0.106. The van der Waals surface area contributed by atoms with Gasteiger partial charge in [-0.1, -0.05) is 0 Å². The first-order valence-electron chi connectivity index (χ1n) is 5.45. The maximum atomic E-state index is 12.6. The predicted molar refractivity (Wildman–Crippen MR) is 70.3 cm³/mol. The van der Waals surface area contributed by atoms with Gasteiger partial charge in [-0.15, -0.1) is 0 Å². The van der Waals surface area contributed by atoms with Crippen molar-refractivity contribution in [1.29, 1.82) is 0 Å². The zero-order valence-corrected chi connectivity index (χ0v) is 11.8. The molecule has 1 heterocycles. The number of hydrogen-bond acceptors (Lipinski definition) is 2. The van der Waals surface area contributed by atoms with Crippen molar-refractivity contribution in [2.45, 2.75) is 6.18 Å². The van der Waals surface area contributed by atoms with Gasteiger partial charge in [0.25, 0.3) is 5.91 Å². The van der Waals surface area contributed by atoms with Crippen LogP contribution >= 0.6 is 15.9 Å². The number of alkyl halides is 3. The van der Waals surface area contributed by atoms with E-state index in [1.54, 1.807) is 19.3 Å². The van der Waals surface area contributed by atoms with E-state index in [4.69, 9.17) is 0 Å². The van der Waals surface area contributed by atoms with E-state index >= 15 is 0 Å². The van der Waals surface area contributed by atoms with Crippen molar-refractivity contribution in [2.75, 3.05) is 5.32 Å². The van der Waals surface area contributed by atoms with Crippen LogP contribution in [0.15, 0.2) is 34.9 Å². The summed E-state index contributed by atoms with van der Waals surface area (Å²) >= 11 is 3.06. The lowest BCUT2D eigenvalue weighted by Gasteiger charge is -2.10.